The van der Waals surface area contributed by atoms with Crippen LogP contribution in [0.2, 0.25) is 5.02 Å². The standard InChI is InChI=1S/C12H7BrClN3OS2/c13-7-4-9(19-5-7)11-16-10(18-17-11)6-20-12-8(14)2-1-3-15-12/h1-5H,6H2. The van der Waals surface area contributed by atoms with E-state index in [2.05, 4.69) is 31.1 Å². The van der Waals surface area contributed by atoms with Crippen LogP contribution in [0.4, 0.5) is 0 Å². The van der Waals surface area contributed by atoms with Crippen LogP contribution in [0, 0.1) is 0 Å². The molecule has 0 fully saturated rings. The molecule has 0 atom stereocenters. The lowest BCUT2D eigenvalue weighted by atomic mass is 10.4. The molecule has 0 aliphatic heterocycles. The van der Waals surface area contributed by atoms with Crippen LogP contribution in [0.3, 0.4) is 0 Å². The Balaban J connectivity index is 1.70. The van der Waals surface area contributed by atoms with E-state index in [4.69, 9.17) is 16.1 Å². The Kier molecular flexibility index (Phi) is 4.40. The maximum absolute atomic E-state index is 6.04. The Morgan fingerprint density at radius 1 is 1.45 bits per heavy atom. The lowest BCUT2D eigenvalue weighted by molar-refractivity contribution is 0.392. The van der Waals surface area contributed by atoms with Crippen molar-refractivity contribution in [3.05, 3.63) is 45.2 Å². The van der Waals surface area contributed by atoms with Crippen LogP contribution in [0.15, 0.2) is 43.8 Å². The summed E-state index contributed by atoms with van der Waals surface area (Å²) >= 11 is 12.5. The molecule has 4 nitrogen and oxygen atoms in total. The number of hydrogen-bond acceptors (Lipinski definition) is 6. The minimum atomic E-state index is 0.538. The van der Waals surface area contributed by atoms with Crippen molar-refractivity contribution < 1.29 is 4.52 Å². The zero-order valence-electron chi connectivity index (χ0n) is 9.92. The number of halogens is 2. The van der Waals surface area contributed by atoms with Gasteiger partial charge in [0.1, 0.15) is 5.03 Å². The largest absolute Gasteiger partial charge is 0.338 e. The van der Waals surface area contributed by atoms with Gasteiger partial charge >= 0.3 is 0 Å². The molecule has 0 aliphatic carbocycles. The van der Waals surface area contributed by atoms with Crippen molar-refractivity contribution in [1.29, 1.82) is 0 Å². The molecule has 0 saturated heterocycles. The molecule has 0 aliphatic rings. The number of aromatic nitrogens is 3. The predicted octanol–water partition coefficient (Wildman–Crippen LogP) is 4.90. The van der Waals surface area contributed by atoms with Crippen molar-refractivity contribution >= 4 is 50.6 Å². The molecule has 0 amide bonds. The van der Waals surface area contributed by atoms with Crippen LogP contribution < -0.4 is 0 Å². The molecule has 3 aromatic rings. The zero-order chi connectivity index (χ0) is 13.9. The van der Waals surface area contributed by atoms with Gasteiger partial charge in [0.15, 0.2) is 0 Å². The summed E-state index contributed by atoms with van der Waals surface area (Å²) in [6, 6.07) is 5.56. The summed E-state index contributed by atoms with van der Waals surface area (Å²) in [7, 11) is 0. The summed E-state index contributed by atoms with van der Waals surface area (Å²) in [5.41, 5.74) is 0. The number of hydrogen-bond donors (Lipinski definition) is 0. The van der Waals surface area contributed by atoms with Crippen LogP contribution in [-0.2, 0) is 5.75 Å². The van der Waals surface area contributed by atoms with Crippen LogP contribution in [0.5, 0.6) is 0 Å². The van der Waals surface area contributed by atoms with E-state index in [0.717, 1.165) is 14.4 Å². The van der Waals surface area contributed by atoms with Crippen molar-refractivity contribution in [3.8, 4) is 10.7 Å². The third-order valence-corrected chi connectivity index (χ3v) is 5.41. The summed E-state index contributed by atoms with van der Waals surface area (Å²) in [6.45, 7) is 0. The second kappa shape index (κ2) is 6.26. The van der Waals surface area contributed by atoms with E-state index in [1.54, 1.807) is 29.7 Å². The highest BCUT2D eigenvalue weighted by Crippen LogP contribution is 2.30. The van der Waals surface area contributed by atoms with E-state index in [0.29, 0.717) is 22.5 Å². The maximum atomic E-state index is 6.04. The van der Waals surface area contributed by atoms with E-state index < -0.39 is 0 Å². The molecule has 102 valence electrons. The van der Waals surface area contributed by atoms with E-state index in [9.17, 15) is 0 Å². The molecule has 0 spiro atoms. The van der Waals surface area contributed by atoms with Gasteiger partial charge in [-0.2, -0.15) is 4.98 Å². The van der Waals surface area contributed by atoms with E-state index >= 15 is 0 Å². The van der Waals surface area contributed by atoms with Gasteiger partial charge in [-0.1, -0.05) is 28.5 Å². The number of rotatable bonds is 4. The predicted molar refractivity (Wildman–Crippen MR) is 84.1 cm³/mol. The summed E-state index contributed by atoms with van der Waals surface area (Å²) in [4.78, 5) is 9.52. The van der Waals surface area contributed by atoms with Crippen LogP contribution in [-0.4, -0.2) is 15.1 Å². The fraction of sp³-hybridized carbons (Fsp3) is 0.0833. The molecule has 3 rings (SSSR count). The number of pyridine rings is 1. The Hall–Kier alpha value is -0.890. The fourth-order valence-electron chi connectivity index (χ4n) is 1.45. The van der Waals surface area contributed by atoms with Crippen LogP contribution in [0.25, 0.3) is 10.7 Å². The maximum Gasteiger partial charge on any atom is 0.237 e. The highest BCUT2D eigenvalue weighted by atomic mass is 79.9. The first kappa shape index (κ1) is 14.1. The van der Waals surface area contributed by atoms with Crippen molar-refractivity contribution in [1.82, 2.24) is 15.1 Å². The molecule has 0 N–H and O–H groups in total. The molecular weight excluding hydrogens is 382 g/mol. The Labute approximate surface area is 136 Å². The van der Waals surface area contributed by atoms with Gasteiger partial charge in [-0.25, -0.2) is 4.98 Å². The summed E-state index contributed by atoms with van der Waals surface area (Å²) in [6.07, 6.45) is 1.70. The van der Waals surface area contributed by atoms with Gasteiger partial charge in [0.05, 0.1) is 15.7 Å². The Morgan fingerprint density at radius 2 is 2.35 bits per heavy atom. The normalized spacial score (nSPS) is 10.9. The third-order valence-electron chi connectivity index (χ3n) is 2.31. The molecule has 3 aromatic heterocycles. The average molecular weight is 389 g/mol. The topological polar surface area (TPSA) is 51.8 Å². The second-order valence-corrected chi connectivity index (χ2v) is 6.92. The summed E-state index contributed by atoms with van der Waals surface area (Å²) < 4.78 is 6.24. The van der Waals surface area contributed by atoms with Gasteiger partial charge in [0.25, 0.3) is 0 Å². The first-order valence-corrected chi connectivity index (χ1v) is 8.56. The number of thioether (sulfide) groups is 1. The molecule has 3 heterocycles. The van der Waals surface area contributed by atoms with Gasteiger partial charge in [-0.15, -0.1) is 11.3 Å². The summed E-state index contributed by atoms with van der Waals surface area (Å²) in [5, 5.41) is 7.33. The third kappa shape index (κ3) is 3.22. The van der Waals surface area contributed by atoms with Gasteiger partial charge in [0, 0.05) is 16.0 Å². The monoisotopic (exact) mass is 387 g/mol. The molecule has 0 unspecified atom stereocenters. The van der Waals surface area contributed by atoms with Gasteiger partial charge < -0.3 is 4.52 Å². The number of thiophene rings is 1. The van der Waals surface area contributed by atoms with E-state index in [1.165, 1.54) is 11.8 Å². The lowest BCUT2D eigenvalue weighted by Crippen LogP contribution is -1.84. The first-order valence-electron chi connectivity index (χ1n) is 5.52. The smallest absolute Gasteiger partial charge is 0.237 e. The lowest BCUT2D eigenvalue weighted by Gasteiger charge is -1.98. The van der Waals surface area contributed by atoms with Crippen molar-refractivity contribution in [2.75, 3.05) is 0 Å². The Morgan fingerprint density at radius 3 is 3.10 bits per heavy atom. The molecular formula is C12H7BrClN3OS2. The SMILES string of the molecule is Clc1cccnc1SCc1nc(-c2cc(Br)cs2)no1. The van der Waals surface area contributed by atoms with Crippen molar-refractivity contribution in [2.45, 2.75) is 10.8 Å². The second-order valence-electron chi connectivity index (χ2n) is 3.72. The van der Waals surface area contributed by atoms with Crippen molar-refractivity contribution in [3.63, 3.8) is 0 Å². The highest BCUT2D eigenvalue weighted by Gasteiger charge is 2.12. The average Bonchev–Trinajstić information content (AvgIpc) is 3.06. The van der Waals surface area contributed by atoms with Gasteiger partial charge in [-0.3, -0.25) is 0 Å². The highest BCUT2D eigenvalue weighted by molar-refractivity contribution is 9.10. The van der Waals surface area contributed by atoms with E-state index in [-0.39, 0.29) is 0 Å². The minimum absolute atomic E-state index is 0.538. The first-order chi connectivity index (χ1) is 9.72. The molecule has 0 saturated carbocycles. The Bertz CT molecular complexity index is 731. The minimum Gasteiger partial charge on any atom is -0.338 e. The van der Waals surface area contributed by atoms with Gasteiger partial charge in [-0.05, 0) is 34.1 Å². The quantitative estimate of drug-likeness (QED) is 0.595. The fourth-order valence-corrected chi connectivity index (χ4v) is 3.81. The van der Waals surface area contributed by atoms with Crippen LogP contribution >= 0.6 is 50.6 Å². The van der Waals surface area contributed by atoms with E-state index in [1.807, 2.05) is 11.4 Å². The molecule has 0 radical (unpaired) electrons. The molecule has 0 bridgehead atoms. The molecule has 0 aromatic carbocycles. The van der Waals surface area contributed by atoms with Crippen LogP contribution in [0.1, 0.15) is 5.89 Å². The summed E-state index contributed by atoms with van der Waals surface area (Å²) in [5.74, 6) is 1.69. The zero-order valence-corrected chi connectivity index (χ0v) is 13.9. The van der Waals surface area contributed by atoms with Crippen molar-refractivity contribution in [2.24, 2.45) is 0 Å². The van der Waals surface area contributed by atoms with Gasteiger partial charge in [0.2, 0.25) is 11.7 Å². The number of nitrogens with zero attached hydrogens (tertiary/aromatic N) is 3. The molecule has 20 heavy (non-hydrogen) atoms. The molecule has 8 heteroatoms.